The predicted molar refractivity (Wildman–Crippen MR) is 164 cm³/mol. The van der Waals surface area contributed by atoms with Crippen LogP contribution in [0.25, 0.3) is 6.08 Å². The van der Waals surface area contributed by atoms with E-state index in [0.29, 0.717) is 46.0 Å². The lowest BCUT2D eigenvalue weighted by Crippen LogP contribution is -2.67. The van der Waals surface area contributed by atoms with Gasteiger partial charge in [0, 0.05) is 5.41 Å². The molecule has 6 fully saturated rings. The molecular weight excluding hydrogens is 502 g/mol. The van der Waals surface area contributed by atoms with Gasteiger partial charge >= 0.3 is 0 Å². The maximum atomic E-state index is 14.1. The number of benzene rings is 1. The van der Waals surface area contributed by atoms with Crippen molar-refractivity contribution in [2.45, 2.75) is 112 Å². The summed E-state index contributed by atoms with van der Waals surface area (Å²) in [5.41, 5.74) is 3.74. The van der Waals surface area contributed by atoms with E-state index in [1.54, 1.807) is 0 Å². The largest absolute Gasteiger partial charge is 0.377 e. The number of ether oxygens (including phenoxy) is 1. The normalized spacial score (nSPS) is 48.4. The fourth-order valence-corrected chi connectivity index (χ4v) is 12.8. The van der Waals surface area contributed by atoms with Gasteiger partial charge in [-0.25, -0.2) is 0 Å². The van der Waals surface area contributed by atoms with Crippen LogP contribution in [0.5, 0.6) is 0 Å². The number of hydrogen-bond acceptors (Lipinski definition) is 3. The molecule has 1 saturated heterocycles. The van der Waals surface area contributed by atoms with Gasteiger partial charge in [0.1, 0.15) is 0 Å². The van der Waals surface area contributed by atoms with E-state index < -0.39 is 0 Å². The van der Waals surface area contributed by atoms with Crippen molar-refractivity contribution in [1.82, 2.24) is 0 Å². The molecule has 5 saturated carbocycles. The van der Waals surface area contributed by atoms with E-state index in [1.807, 2.05) is 24.3 Å². The molecular formula is C38H51NO2. The smallest absolute Gasteiger partial charge is 0.164 e. The second kappa shape index (κ2) is 8.59. The summed E-state index contributed by atoms with van der Waals surface area (Å²) in [5, 5.41) is 9.26. The fraction of sp³-hybridized carbons (Fsp3) is 0.737. The molecule has 3 heteroatoms. The molecule has 5 aliphatic carbocycles. The maximum Gasteiger partial charge on any atom is 0.164 e. The molecule has 1 aromatic carbocycles. The lowest BCUT2D eigenvalue weighted by Gasteiger charge is -2.73. The minimum absolute atomic E-state index is 0.104. The summed E-state index contributed by atoms with van der Waals surface area (Å²) in [6.07, 6.45) is 13.8. The molecule has 0 N–H and O–H groups in total. The monoisotopic (exact) mass is 553 g/mol. The van der Waals surface area contributed by atoms with Gasteiger partial charge in [-0.2, -0.15) is 5.26 Å². The Kier molecular flexibility index (Phi) is 5.84. The first-order chi connectivity index (χ1) is 19.2. The van der Waals surface area contributed by atoms with Gasteiger partial charge in [0.15, 0.2) is 5.78 Å². The fourth-order valence-electron chi connectivity index (χ4n) is 12.8. The van der Waals surface area contributed by atoms with Crippen molar-refractivity contribution in [3.8, 4) is 6.07 Å². The SMILES string of the molecule is CC1(C)C(=O)C(=Cc2ccc(C#N)cc2)C[C@@]2(C)C1CC[C@]1(C)C2CCC2C3[C@H]4OC[C@@]3(CCC4(C)C)CC[C@]21C. The molecule has 1 aliphatic heterocycles. The van der Waals surface area contributed by atoms with Gasteiger partial charge in [0.2, 0.25) is 0 Å². The topological polar surface area (TPSA) is 50.1 Å². The van der Waals surface area contributed by atoms with Crippen molar-refractivity contribution in [2.24, 2.45) is 56.2 Å². The van der Waals surface area contributed by atoms with E-state index in [4.69, 9.17) is 4.74 Å². The van der Waals surface area contributed by atoms with E-state index in [-0.39, 0.29) is 21.7 Å². The molecule has 0 spiro atoms. The number of nitrogens with zero attached hydrogens (tertiary/aromatic N) is 1. The molecule has 1 aromatic rings. The van der Waals surface area contributed by atoms with Gasteiger partial charge in [-0.1, -0.05) is 60.6 Å². The summed E-state index contributed by atoms with van der Waals surface area (Å²) in [7, 11) is 0. The summed E-state index contributed by atoms with van der Waals surface area (Å²) < 4.78 is 6.76. The average Bonchev–Trinajstić information content (AvgIpc) is 3.26. The van der Waals surface area contributed by atoms with Gasteiger partial charge in [-0.05, 0) is 138 Å². The molecule has 220 valence electrons. The Labute approximate surface area is 248 Å². The van der Waals surface area contributed by atoms with Crippen molar-refractivity contribution in [3.63, 3.8) is 0 Å². The molecule has 1 heterocycles. The third-order valence-electron chi connectivity index (χ3n) is 15.1. The first-order valence-corrected chi connectivity index (χ1v) is 16.6. The molecule has 4 unspecified atom stereocenters. The van der Waals surface area contributed by atoms with E-state index in [9.17, 15) is 10.1 Å². The number of carbonyl (C=O) groups excluding carboxylic acids is 1. The molecule has 2 bridgehead atoms. The lowest BCUT2D eigenvalue weighted by atomic mass is 9.31. The summed E-state index contributed by atoms with van der Waals surface area (Å²) in [6.45, 7) is 18.4. The van der Waals surface area contributed by atoms with Crippen LogP contribution in [0, 0.1) is 67.5 Å². The summed E-state index contributed by atoms with van der Waals surface area (Å²) in [4.78, 5) is 14.1. The highest BCUT2D eigenvalue weighted by Gasteiger charge is 2.73. The zero-order valence-corrected chi connectivity index (χ0v) is 26.6. The van der Waals surface area contributed by atoms with Gasteiger partial charge in [-0.15, -0.1) is 0 Å². The Hall–Kier alpha value is -1.92. The standard InChI is InChI=1S/C38H51NO2/c1-33(2)16-18-38-19-17-36(6)27(30(38)32(33)41-23-38)12-13-29-35(5)21-26(20-24-8-10-25(22-39)11-9-24)31(40)34(3,4)28(35)14-15-37(29,36)7/h8-11,20,27-30,32H,12-19,21,23H2,1-7H3/t27?,28?,29?,30?,32-,35+,36-,37-,38-/m1/s1. The van der Waals surface area contributed by atoms with Crippen molar-refractivity contribution in [1.29, 1.82) is 5.26 Å². The Bertz CT molecular complexity index is 1350. The van der Waals surface area contributed by atoms with Gasteiger partial charge in [-0.3, -0.25) is 4.79 Å². The van der Waals surface area contributed by atoms with Gasteiger partial charge in [0.05, 0.1) is 24.3 Å². The summed E-state index contributed by atoms with van der Waals surface area (Å²) >= 11 is 0. The Morgan fingerprint density at radius 3 is 2.27 bits per heavy atom. The predicted octanol–water partition coefficient (Wildman–Crippen LogP) is 9.01. The zero-order valence-electron chi connectivity index (χ0n) is 26.6. The number of Topliss-reactive ketones (excluding diaryl/α,β-unsaturated/α-hetero) is 1. The number of fused-ring (bicyclic) bond motifs is 5. The van der Waals surface area contributed by atoms with Gasteiger partial charge in [0.25, 0.3) is 0 Å². The Balaban J connectivity index is 1.27. The van der Waals surface area contributed by atoms with Crippen LogP contribution in [0.3, 0.4) is 0 Å². The van der Waals surface area contributed by atoms with Crippen molar-refractivity contribution < 1.29 is 9.53 Å². The highest BCUT2D eigenvalue weighted by Crippen LogP contribution is 2.78. The second-order valence-electron chi connectivity index (χ2n) is 17.4. The van der Waals surface area contributed by atoms with Crippen LogP contribution in [-0.4, -0.2) is 18.5 Å². The minimum atomic E-state index is -0.360. The van der Waals surface area contributed by atoms with Crippen molar-refractivity contribution in [2.75, 3.05) is 6.61 Å². The average molecular weight is 554 g/mol. The van der Waals surface area contributed by atoms with Crippen LogP contribution >= 0.6 is 0 Å². The number of carbonyl (C=O) groups is 1. The quantitative estimate of drug-likeness (QED) is 0.326. The van der Waals surface area contributed by atoms with Crippen LogP contribution in [-0.2, 0) is 9.53 Å². The molecule has 0 aromatic heterocycles. The first-order valence-electron chi connectivity index (χ1n) is 16.6. The van der Waals surface area contributed by atoms with Crippen LogP contribution in [0.2, 0.25) is 0 Å². The molecule has 9 atom stereocenters. The molecule has 0 amide bonds. The summed E-state index contributed by atoms with van der Waals surface area (Å²) in [5.74, 6) is 2.84. The van der Waals surface area contributed by atoms with E-state index in [0.717, 1.165) is 36.5 Å². The third-order valence-corrected chi connectivity index (χ3v) is 15.1. The van der Waals surface area contributed by atoms with E-state index in [2.05, 4.69) is 60.6 Å². The first kappa shape index (κ1) is 27.9. The number of hydrogen-bond donors (Lipinski definition) is 0. The second-order valence-corrected chi connectivity index (χ2v) is 17.4. The lowest BCUT2D eigenvalue weighted by molar-refractivity contribution is -0.236. The van der Waals surface area contributed by atoms with Crippen molar-refractivity contribution in [3.05, 3.63) is 41.0 Å². The van der Waals surface area contributed by atoms with E-state index >= 15 is 0 Å². The minimum Gasteiger partial charge on any atom is -0.377 e. The third kappa shape index (κ3) is 3.50. The molecule has 0 radical (unpaired) electrons. The van der Waals surface area contributed by atoms with Crippen molar-refractivity contribution >= 4 is 11.9 Å². The van der Waals surface area contributed by atoms with Gasteiger partial charge < -0.3 is 4.74 Å². The molecule has 41 heavy (non-hydrogen) atoms. The molecule has 3 nitrogen and oxygen atoms in total. The number of rotatable bonds is 1. The highest BCUT2D eigenvalue weighted by molar-refractivity contribution is 6.04. The summed E-state index contributed by atoms with van der Waals surface area (Å²) in [6, 6.07) is 9.95. The number of allylic oxidation sites excluding steroid dienone is 1. The Morgan fingerprint density at radius 1 is 0.854 bits per heavy atom. The zero-order chi connectivity index (χ0) is 29.2. The molecule has 6 aliphatic rings. The van der Waals surface area contributed by atoms with Crippen LogP contribution in [0.4, 0.5) is 0 Å². The van der Waals surface area contributed by atoms with Crippen LogP contribution < -0.4 is 0 Å². The van der Waals surface area contributed by atoms with Crippen LogP contribution in [0.1, 0.15) is 117 Å². The van der Waals surface area contributed by atoms with Crippen LogP contribution in [0.15, 0.2) is 29.8 Å². The maximum absolute atomic E-state index is 14.1. The Morgan fingerprint density at radius 2 is 1.56 bits per heavy atom. The molecule has 7 rings (SSSR count). The number of ketones is 1. The highest BCUT2D eigenvalue weighted by atomic mass is 16.5. The number of nitriles is 1. The van der Waals surface area contributed by atoms with E-state index in [1.165, 1.54) is 44.9 Å².